The molecule has 0 aromatic heterocycles. The minimum absolute atomic E-state index is 0.0914. The van der Waals surface area contributed by atoms with Gasteiger partial charge in [0.25, 0.3) is 10.0 Å². The van der Waals surface area contributed by atoms with Crippen LogP contribution in [0.3, 0.4) is 0 Å². The summed E-state index contributed by atoms with van der Waals surface area (Å²) in [6.07, 6.45) is 2.88. The van der Waals surface area contributed by atoms with Crippen LogP contribution in [-0.2, 0) is 14.8 Å². The lowest BCUT2D eigenvalue weighted by Gasteiger charge is -2.31. The molecule has 2 aromatic carbocycles. The van der Waals surface area contributed by atoms with Crippen LogP contribution in [0.1, 0.15) is 19.3 Å². The monoisotopic (exact) mass is 406 g/mol. The van der Waals surface area contributed by atoms with Crippen molar-refractivity contribution in [1.82, 2.24) is 4.90 Å². The van der Waals surface area contributed by atoms with Crippen molar-refractivity contribution in [3.05, 3.63) is 54.3 Å². The number of hydrogen-bond acceptors (Lipinski definition) is 4. The fourth-order valence-corrected chi connectivity index (χ4v) is 4.66. The average Bonchev–Trinajstić information content (AvgIpc) is 2.72. The molecule has 28 heavy (non-hydrogen) atoms. The van der Waals surface area contributed by atoms with E-state index in [2.05, 4.69) is 0 Å². The molecule has 150 valence electrons. The van der Waals surface area contributed by atoms with Crippen LogP contribution in [-0.4, -0.2) is 46.0 Å². The molecule has 1 aliphatic heterocycles. The number of hydrogen-bond donors (Lipinski definition) is 0. The van der Waals surface area contributed by atoms with E-state index < -0.39 is 15.8 Å². The number of carbonyl (C=O) groups excluding carboxylic acids is 1. The van der Waals surface area contributed by atoms with Gasteiger partial charge in [0.1, 0.15) is 18.1 Å². The number of anilines is 1. The fourth-order valence-electron chi connectivity index (χ4n) is 3.24. The normalized spacial score (nSPS) is 14.6. The van der Waals surface area contributed by atoms with E-state index in [-0.39, 0.29) is 23.0 Å². The van der Waals surface area contributed by atoms with Gasteiger partial charge in [0, 0.05) is 13.1 Å². The van der Waals surface area contributed by atoms with E-state index in [1.54, 1.807) is 29.2 Å². The number of likely N-dealkylation sites (tertiary alicyclic amines) is 1. The molecule has 0 N–H and O–H groups in total. The number of benzene rings is 2. The van der Waals surface area contributed by atoms with E-state index in [0.29, 0.717) is 18.8 Å². The van der Waals surface area contributed by atoms with Crippen LogP contribution in [0.2, 0.25) is 0 Å². The third-order valence-electron chi connectivity index (χ3n) is 4.74. The van der Waals surface area contributed by atoms with Crippen molar-refractivity contribution in [2.75, 3.05) is 31.0 Å². The highest BCUT2D eigenvalue weighted by molar-refractivity contribution is 7.92. The molecular formula is C20H23FN2O4S. The maximum Gasteiger partial charge on any atom is 0.264 e. The van der Waals surface area contributed by atoms with Crippen molar-refractivity contribution >= 4 is 21.6 Å². The van der Waals surface area contributed by atoms with Gasteiger partial charge in [-0.05, 0) is 55.7 Å². The Kier molecular flexibility index (Phi) is 6.18. The molecule has 3 rings (SSSR count). The molecule has 1 saturated heterocycles. The number of halogens is 1. The molecule has 0 unspecified atom stereocenters. The number of methoxy groups -OCH3 is 1. The van der Waals surface area contributed by atoms with Gasteiger partial charge >= 0.3 is 0 Å². The summed E-state index contributed by atoms with van der Waals surface area (Å²) in [5.41, 5.74) is 0.264. The van der Waals surface area contributed by atoms with Gasteiger partial charge in [-0.2, -0.15) is 0 Å². The van der Waals surface area contributed by atoms with Crippen molar-refractivity contribution in [2.24, 2.45) is 0 Å². The molecule has 0 saturated carbocycles. The number of carbonyl (C=O) groups is 1. The van der Waals surface area contributed by atoms with Crippen molar-refractivity contribution in [3.8, 4) is 5.75 Å². The van der Waals surface area contributed by atoms with Gasteiger partial charge in [0.15, 0.2) is 0 Å². The van der Waals surface area contributed by atoms with Crippen LogP contribution in [0.5, 0.6) is 5.75 Å². The second-order valence-electron chi connectivity index (χ2n) is 6.58. The third kappa shape index (κ3) is 4.27. The third-order valence-corrected chi connectivity index (χ3v) is 6.52. The van der Waals surface area contributed by atoms with Gasteiger partial charge in [-0.3, -0.25) is 9.10 Å². The Morgan fingerprint density at radius 1 is 1.07 bits per heavy atom. The molecule has 0 atom stereocenters. The molecule has 1 heterocycles. The molecule has 0 aliphatic carbocycles. The highest BCUT2D eigenvalue weighted by atomic mass is 32.2. The van der Waals surface area contributed by atoms with E-state index in [1.165, 1.54) is 19.2 Å². The highest BCUT2D eigenvalue weighted by Crippen LogP contribution is 2.32. The molecule has 1 aliphatic rings. The number of ether oxygens (including phenoxy) is 1. The minimum Gasteiger partial charge on any atom is -0.495 e. The molecule has 0 radical (unpaired) electrons. The molecular weight excluding hydrogens is 383 g/mol. The summed E-state index contributed by atoms with van der Waals surface area (Å²) in [6, 6.07) is 11.2. The Labute approximate surface area is 164 Å². The zero-order valence-electron chi connectivity index (χ0n) is 15.7. The summed E-state index contributed by atoms with van der Waals surface area (Å²) in [5.74, 6) is -0.469. The lowest BCUT2D eigenvalue weighted by molar-refractivity contribution is -0.130. The zero-order valence-corrected chi connectivity index (χ0v) is 16.5. The van der Waals surface area contributed by atoms with Gasteiger partial charge in [-0.1, -0.05) is 12.1 Å². The number of para-hydroxylation sites is 2. The van der Waals surface area contributed by atoms with E-state index >= 15 is 0 Å². The van der Waals surface area contributed by atoms with Gasteiger partial charge in [-0.25, -0.2) is 12.8 Å². The van der Waals surface area contributed by atoms with Crippen LogP contribution in [0, 0.1) is 5.82 Å². The Morgan fingerprint density at radius 2 is 1.71 bits per heavy atom. The molecule has 8 heteroatoms. The summed E-state index contributed by atoms with van der Waals surface area (Å²) >= 11 is 0. The van der Waals surface area contributed by atoms with E-state index in [4.69, 9.17) is 4.74 Å². The standard InChI is InChI=1S/C20H23FN2O4S/c1-27-19-8-4-3-7-18(19)23(15-20(24)22-13-5-2-6-14-22)28(25,26)17-11-9-16(21)10-12-17/h3-4,7-12H,2,5-6,13-15H2,1H3. The van der Waals surface area contributed by atoms with Crippen molar-refractivity contribution < 1.29 is 22.3 Å². The molecule has 0 bridgehead atoms. The van der Waals surface area contributed by atoms with Gasteiger partial charge < -0.3 is 9.64 Å². The zero-order chi connectivity index (χ0) is 20.1. The summed E-state index contributed by atoms with van der Waals surface area (Å²) < 4.78 is 46.2. The second-order valence-corrected chi connectivity index (χ2v) is 8.44. The average molecular weight is 406 g/mol. The Morgan fingerprint density at radius 3 is 2.36 bits per heavy atom. The predicted octanol–water partition coefficient (Wildman–Crippen LogP) is 3.04. The quantitative estimate of drug-likeness (QED) is 0.740. The topological polar surface area (TPSA) is 66.9 Å². The van der Waals surface area contributed by atoms with Gasteiger partial charge in [0.05, 0.1) is 17.7 Å². The van der Waals surface area contributed by atoms with Crippen LogP contribution in [0.25, 0.3) is 0 Å². The smallest absolute Gasteiger partial charge is 0.264 e. The van der Waals surface area contributed by atoms with E-state index in [9.17, 15) is 17.6 Å². The van der Waals surface area contributed by atoms with Crippen LogP contribution in [0.4, 0.5) is 10.1 Å². The van der Waals surface area contributed by atoms with Gasteiger partial charge in [0.2, 0.25) is 5.91 Å². The number of piperidine rings is 1. The van der Waals surface area contributed by atoms with Crippen LogP contribution >= 0.6 is 0 Å². The first kappa shape index (κ1) is 20.1. The summed E-state index contributed by atoms with van der Waals surface area (Å²) in [7, 11) is -2.66. The molecule has 1 amide bonds. The lowest BCUT2D eigenvalue weighted by Crippen LogP contribution is -2.45. The summed E-state index contributed by atoms with van der Waals surface area (Å²) in [5, 5.41) is 0. The molecule has 0 spiro atoms. The van der Waals surface area contributed by atoms with Crippen molar-refractivity contribution in [3.63, 3.8) is 0 Å². The number of nitrogens with zero attached hydrogens (tertiary/aromatic N) is 2. The SMILES string of the molecule is COc1ccccc1N(CC(=O)N1CCCCC1)S(=O)(=O)c1ccc(F)cc1. The number of amides is 1. The molecule has 2 aromatic rings. The number of sulfonamides is 1. The predicted molar refractivity (Wildman–Crippen MR) is 104 cm³/mol. The molecule has 1 fully saturated rings. The highest BCUT2D eigenvalue weighted by Gasteiger charge is 2.31. The first-order chi connectivity index (χ1) is 13.4. The lowest BCUT2D eigenvalue weighted by atomic mass is 10.1. The first-order valence-corrected chi connectivity index (χ1v) is 10.6. The first-order valence-electron chi connectivity index (χ1n) is 9.12. The minimum atomic E-state index is -4.10. The Balaban J connectivity index is 2.01. The Hall–Kier alpha value is -2.61. The Bertz CT molecular complexity index is 925. The molecule has 6 nitrogen and oxygen atoms in total. The summed E-state index contributed by atoms with van der Waals surface area (Å²) in [6.45, 7) is 0.893. The number of rotatable bonds is 6. The maximum absolute atomic E-state index is 13.3. The van der Waals surface area contributed by atoms with Crippen LogP contribution < -0.4 is 9.04 Å². The largest absolute Gasteiger partial charge is 0.495 e. The summed E-state index contributed by atoms with van der Waals surface area (Å²) in [4.78, 5) is 14.4. The van der Waals surface area contributed by atoms with E-state index in [0.717, 1.165) is 35.7 Å². The van der Waals surface area contributed by atoms with Crippen molar-refractivity contribution in [1.29, 1.82) is 0 Å². The fraction of sp³-hybridized carbons (Fsp3) is 0.350. The maximum atomic E-state index is 13.3. The van der Waals surface area contributed by atoms with E-state index in [1.807, 2.05) is 0 Å². The van der Waals surface area contributed by atoms with Crippen LogP contribution in [0.15, 0.2) is 53.4 Å². The van der Waals surface area contributed by atoms with Crippen molar-refractivity contribution in [2.45, 2.75) is 24.2 Å². The second kappa shape index (κ2) is 8.60. The van der Waals surface area contributed by atoms with Gasteiger partial charge in [-0.15, -0.1) is 0 Å².